The highest BCUT2D eigenvalue weighted by Crippen LogP contribution is 2.34. The molecule has 2 rings (SSSR count). The first-order valence-electron chi connectivity index (χ1n) is 6.19. The fourth-order valence-corrected chi connectivity index (χ4v) is 2.60. The molecule has 1 aliphatic heterocycles. The first-order valence-corrected chi connectivity index (χ1v) is 7.01. The molecule has 19 heavy (non-hydrogen) atoms. The summed E-state index contributed by atoms with van der Waals surface area (Å²) in [7, 11) is 0. The third kappa shape index (κ3) is 3.03. The van der Waals surface area contributed by atoms with E-state index >= 15 is 0 Å². The molecule has 0 bridgehead atoms. The first-order chi connectivity index (χ1) is 8.81. The van der Waals surface area contributed by atoms with Crippen molar-refractivity contribution in [1.82, 2.24) is 4.90 Å². The number of halogens is 3. The zero-order valence-electron chi connectivity index (χ0n) is 10.9. The lowest BCUT2D eigenvalue weighted by molar-refractivity contribution is 0.0592. The Morgan fingerprint density at radius 2 is 2.16 bits per heavy atom. The fraction of sp³-hybridized carbons (Fsp3) is 0.500. The van der Waals surface area contributed by atoms with Gasteiger partial charge in [-0.1, -0.05) is 25.4 Å². The lowest BCUT2D eigenvalue weighted by Crippen LogP contribution is -2.48. The molecule has 1 aromatic carbocycles. The van der Waals surface area contributed by atoms with E-state index in [4.69, 9.17) is 23.2 Å². The summed E-state index contributed by atoms with van der Waals surface area (Å²) in [5.41, 5.74) is 0.186. The molecule has 0 saturated carbocycles. The second kappa shape index (κ2) is 5.29. The molecule has 0 radical (unpaired) electrons. The van der Waals surface area contributed by atoms with Crippen LogP contribution in [-0.2, 0) is 0 Å². The minimum atomic E-state index is -0.570. The second-order valence-electron chi connectivity index (χ2n) is 5.60. The largest absolute Gasteiger partial charge is 0.338 e. The highest BCUT2D eigenvalue weighted by atomic mass is 35.5. The van der Waals surface area contributed by atoms with Crippen molar-refractivity contribution in [2.45, 2.75) is 25.6 Å². The fourth-order valence-electron chi connectivity index (χ4n) is 2.32. The van der Waals surface area contributed by atoms with Gasteiger partial charge < -0.3 is 4.90 Å². The van der Waals surface area contributed by atoms with Crippen LogP contribution in [0.4, 0.5) is 4.39 Å². The summed E-state index contributed by atoms with van der Waals surface area (Å²) in [6, 6.07) is 4.14. The van der Waals surface area contributed by atoms with E-state index in [-0.39, 0.29) is 21.7 Å². The second-order valence-corrected chi connectivity index (χ2v) is 6.53. The van der Waals surface area contributed by atoms with E-state index in [1.54, 1.807) is 11.0 Å². The van der Waals surface area contributed by atoms with Crippen LogP contribution in [0, 0.1) is 11.2 Å². The molecule has 0 aromatic heterocycles. The van der Waals surface area contributed by atoms with Crippen LogP contribution in [0.5, 0.6) is 0 Å². The molecule has 0 spiro atoms. The van der Waals surface area contributed by atoms with Gasteiger partial charge in [-0.15, -0.1) is 11.6 Å². The Hall–Kier alpha value is -0.800. The summed E-state index contributed by atoms with van der Waals surface area (Å²) in [6.45, 7) is 5.24. The predicted molar refractivity (Wildman–Crippen MR) is 75.4 cm³/mol. The van der Waals surface area contributed by atoms with Crippen molar-refractivity contribution in [3.8, 4) is 0 Å². The van der Waals surface area contributed by atoms with Crippen LogP contribution in [0.25, 0.3) is 0 Å². The third-order valence-electron chi connectivity index (χ3n) is 3.55. The molecule has 2 nitrogen and oxygen atoms in total. The molecule has 1 saturated heterocycles. The van der Waals surface area contributed by atoms with Gasteiger partial charge in [0.1, 0.15) is 5.82 Å². The molecule has 1 aliphatic rings. The summed E-state index contributed by atoms with van der Waals surface area (Å²) < 4.78 is 13.4. The highest BCUT2D eigenvalue weighted by molar-refractivity contribution is 6.30. The first kappa shape index (κ1) is 14.6. The average Bonchev–Trinajstić information content (AvgIpc) is 2.35. The lowest BCUT2D eigenvalue weighted by atomic mass is 9.83. The van der Waals surface area contributed by atoms with Gasteiger partial charge in [-0.25, -0.2) is 4.39 Å². The van der Waals surface area contributed by atoms with E-state index in [0.717, 1.165) is 6.42 Å². The Kier molecular flexibility index (Phi) is 4.07. The van der Waals surface area contributed by atoms with Crippen LogP contribution in [-0.4, -0.2) is 29.3 Å². The number of nitrogens with zero attached hydrogens (tertiary/aromatic N) is 1. The van der Waals surface area contributed by atoms with Gasteiger partial charge in [0.2, 0.25) is 0 Å². The molecule has 1 heterocycles. The average molecular weight is 304 g/mol. The summed E-state index contributed by atoms with van der Waals surface area (Å²) in [5, 5.41) is 0.0786. The van der Waals surface area contributed by atoms with Crippen molar-refractivity contribution in [2.24, 2.45) is 5.41 Å². The highest BCUT2D eigenvalue weighted by Gasteiger charge is 2.36. The Morgan fingerprint density at radius 1 is 1.47 bits per heavy atom. The Balaban J connectivity index is 2.18. The SMILES string of the molecule is CC1(C)CN(C(=O)c2ccc(Cl)c(F)c2)CCC1Cl. The van der Waals surface area contributed by atoms with Crippen molar-refractivity contribution in [1.29, 1.82) is 0 Å². The number of alkyl halides is 1. The zero-order valence-corrected chi connectivity index (χ0v) is 12.4. The van der Waals surface area contributed by atoms with Gasteiger partial charge in [0.15, 0.2) is 0 Å². The maximum atomic E-state index is 13.4. The molecular weight excluding hydrogens is 288 g/mol. The lowest BCUT2D eigenvalue weighted by Gasteiger charge is -2.41. The minimum Gasteiger partial charge on any atom is -0.338 e. The predicted octanol–water partition coefficient (Wildman–Crippen LogP) is 3.96. The number of carbonyl (C=O) groups is 1. The Bertz CT molecular complexity index is 504. The van der Waals surface area contributed by atoms with E-state index in [9.17, 15) is 9.18 Å². The summed E-state index contributed by atoms with van der Waals surface area (Å²) >= 11 is 11.9. The van der Waals surface area contributed by atoms with Gasteiger partial charge in [0.25, 0.3) is 5.91 Å². The standard InChI is InChI=1S/C14H16Cl2FNO/c1-14(2)8-18(6-5-12(14)16)13(19)9-3-4-10(15)11(17)7-9/h3-4,7,12H,5-6,8H2,1-2H3. The number of hydrogen-bond acceptors (Lipinski definition) is 1. The van der Waals surface area contributed by atoms with Crippen molar-refractivity contribution < 1.29 is 9.18 Å². The van der Waals surface area contributed by atoms with E-state index in [1.165, 1.54) is 12.1 Å². The topological polar surface area (TPSA) is 20.3 Å². The molecule has 1 amide bonds. The third-order valence-corrected chi connectivity index (χ3v) is 4.67. The summed E-state index contributed by atoms with van der Waals surface area (Å²) in [5.74, 6) is -0.744. The number of likely N-dealkylation sites (tertiary alicyclic amines) is 1. The number of benzene rings is 1. The minimum absolute atomic E-state index is 0.0244. The molecule has 1 unspecified atom stereocenters. The van der Waals surface area contributed by atoms with E-state index in [1.807, 2.05) is 13.8 Å². The van der Waals surface area contributed by atoms with E-state index in [0.29, 0.717) is 18.7 Å². The van der Waals surface area contributed by atoms with E-state index < -0.39 is 5.82 Å². The van der Waals surface area contributed by atoms with Crippen LogP contribution >= 0.6 is 23.2 Å². The normalized spacial score (nSPS) is 22.4. The van der Waals surface area contributed by atoms with Gasteiger partial charge in [-0.3, -0.25) is 4.79 Å². The van der Waals surface area contributed by atoms with Crippen LogP contribution in [0.3, 0.4) is 0 Å². The van der Waals surface area contributed by atoms with Gasteiger partial charge in [0, 0.05) is 24.0 Å². The van der Waals surface area contributed by atoms with Gasteiger partial charge in [-0.05, 0) is 30.0 Å². The monoisotopic (exact) mass is 303 g/mol. The molecule has 104 valence electrons. The Labute approximate surface area is 122 Å². The molecule has 1 aromatic rings. The van der Waals surface area contributed by atoms with Gasteiger partial charge in [0.05, 0.1) is 5.02 Å². The van der Waals surface area contributed by atoms with E-state index in [2.05, 4.69) is 0 Å². The molecular formula is C14H16Cl2FNO. The molecule has 1 fully saturated rings. The number of carbonyl (C=O) groups excluding carboxylic acids is 1. The molecule has 0 aliphatic carbocycles. The number of piperidine rings is 1. The maximum Gasteiger partial charge on any atom is 0.253 e. The van der Waals surface area contributed by atoms with Crippen molar-refractivity contribution >= 4 is 29.1 Å². The number of hydrogen-bond donors (Lipinski definition) is 0. The van der Waals surface area contributed by atoms with Crippen LogP contribution in [0.15, 0.2) is 18.2 Å². The molecule has 1 atom stereocenters. The van der Waals surface area contributed by atoms with Gasteiger partial charge in [-0.2, -0.15) is 0 Å². The summed E-state index contributed by atoms with van der Waals surface area (Å²) in [4.78, 5) is 14.1. The van der Waals surface area contributed by atoms with Crippen LogP contribution in [0.1, 0.15) is 30.6 Å². The van der Waals surface area contributed by atoms with Crippen LogP contribution in [0.2, 0.25) is 5.02 Å². The molecule has 0 N–H and O–H groups in total. The maximum absolute atomic E-state index is 13.4. The molecule has 5 heteroatoms. The van der Waals surface area contributed by atoms with Gasteiger partial charge >= 0.3 is 0 Å². The summed E-state index contributed by atoms with van der Waals surface area (Å²) in [6.07, 6.45) is 0.746. The van der Waals surface area contributed by atoms with Crippen molar-refractivity contribution in [2.75, 3.05) is 13.1 Å². The Morgan fingerprint density at radius 3 is 2.74 bits per heavy atom. The van der Waals surface area contributed by atoms with Crippen molar-refractivity contribution in [3.05, 3.63) is 34.6 Å². The van der Waals surface area contributed by atoms with Crippen molar-refractivity contribution in [3.63, 3.8) is 0 Å². The zero-order chi connectivity index (χ0) is 14.2. The quantitative estimate of drug-likeness (QED) is 0.719. The van der Waals surface area contributed by atoms with Crippen LogP contribution < -0.4 is 0 Å². The number of rotatable bonds is 1. The number of amides is 1. The smallest absolute Gasteiger partial charge is 0.253 e.